The summed E-state index contributed by atoms with van der Waals surface area (Å²) in [6.45, 7) is 7.82. The molecule has 0 aliphatic heterocycles. The van der Waals surface area contributed by atoms with Gasteiger partial charge < -0.3 is 15.2 Å². The van der Waals surface area contributed by atoms with Crippen LogP contribution in [-0.2, 0) is 14.1 Å². The van der Waals surface area contributed by atoms with Crippen molar-refractivity contribution in [2.45, 2.75) is 39.9 Å². The highest BCUT2D eigenvalue weighted by molar-refractivity contribution is 5.95. The summed E-state index contributed by atoms with van der Waals surface area (Å²) in [6.07, 6.45) is 3.60. The van der Waals surface area contributed by atoms with Crippen LogP contribution in [0.3, 0.4) is 0 Å². The Bertz CT molecular complexity index is 1930. The Kier molecular flexibility index (Phi) is 8.43. The second kappa shape index (κ2) is 12.4. The molecule has 6 aromatic rings. The van der Waals surface area contributed by atoms with Crippen LogP contribution in [0.25, 0.3) is 44.3 Å². The monoisotopic (exact) mass is 594 g/mol. The standard InChI is InChI=1S/C16H16N4O3.C16H18N4O/c1-10(2)23-15-7-4-11(9-17-15)16-13-8-12(20(21)22)5-6-14(13)19(3)18-16;1-10(2)21-15-7-4-11(9-18-15)16-13-8-12(17)5-6-14(13)20(3)19-16/h4-10H,1-3H3;4-10H,17H2,1-3H3. The first-order chi connectivity index (χ1) is 21.0. The molecule has 4 heterocycles. The van der Waals surface area contributed by atoms with E-state index in [-0.39, 0.29) is 17.9 Å². The Morgan fingerprint density at radius 1 is 0.727 bits per heavy atom. The molecular formula is C32H34N8O4. The minimum Gasteiger partial charge on any atom is -0.475 e. The van der Waals surface area contributed by atoms with E-state index in [1.54, 1.807) is 36.3 Å². The van der Waals surface area contributed by atoms with Gasteiger partial charge in [-0.05, 0) is 64.1 Å². The number of nitrogens with two attached hydrogens (primary N) is 1. The van der Waals surface area contributed by atoms with Crippen molar-refractivity contribution < 1.29 is 14.4 Å². The number of aryl methyl sites for hydroxylation is 2. The predicted molar refractivity (Wildman–Crippen MR) is 170 cm³/mol. The maximum absolute atomic E-state index is 11.0. The Morgan fingerprint density at radius 2 is 1.20 bits per heavy atom. The molecule has 0 saturated carbocycles. The molecule has 44 heavy (non-hydrogen) atoms. The van der Waals surface area contributed by atoms with Crippen LogP contribution in [-0.4, -0.2) is 46.7 Å². The fraction of sp³-hybridized carbons (Fsp3) is 0.250. The van der Waals surface area contributed by atoms with E-state index in [9.17, 15) is 10.1 Å². The first-order valence-electron chi connectivity index (χ1n) is 14.1. The Balaban J connectivity index is 0.000000175. The maximum Gasteiger partial charge on any atom is 0.270 e. The lowest BCUT2D eigenvalue weighted by Gasteiger charge is -2.08. The van der Waals surface area contributed by atoms with E-state index < -0.39 is 4.92 Å². The van der Waals surface area contributed by atoms with Crippen LogP contribution in [0.5, 0.6) is 11.8 Å². The van der Waals surface area contributed by atoms with Gasteiger partial charge in [-0.1, -0.05) is 0 Å². The van der Waals surface area contributed by atoms with Gasteiger partial charge in [0.25, 0.3) is 5.69 Å². The lowest BCUT2D eigenvalue weighted by molar-refractivity contribution is -0.384. The van der Waals surface area contributed by atoms with Crippen molar-refractivity contribution in [1.29, 1.82) is 0 Å². The number of hydrogen-bond acceptors (Lipinski definition) is 9. The van der Waals surface area contributed by atoms with Gasteiger partial charge in [-0.25, -0.2) is 9.97 Å². The van der Waals surface area contributed by atoms with Crippen molar-refractivity contribution >= 4 is 33.2 Å². The van der Waals surface area contributed by atoms with Crippen LogP contribution in [0.4, 0.5) is 11.4 Å². The second-order valence-corrected chi connectivity index (χ2v) is 10.8. The highest BCUT2D eigenvalue weighted by atomic mass is 16.6. The summed E-state index contributed by atoms with van der Waals surface area (Å²) < 4.78 is 14.6. The second-order valence-electron chi connectivity index (χ2n) is 10.8. The third-order valence-corrected chi connectivity index (χ3v) is 6.65. The molecule has 0 aliphatic carbocycles. The molecule has 226 valence electrons. The van der Waals surface area contributed by atoms with Crippen molar-refractivity contribution in [3.63, 3.8) is 0 Å². The number of fused-ring (bicyclic) bond motifs is 2. The van der Waals surface area contributed by atoms with Crippen LogP contribution in [0.1, 0.15) is 27.7 Å². The largest absolute Gasteiger partial charge is 0.475 e. The van der Waals surface area contributed by atoms with Crippen molar-refractivity contribution in [1.82, 2.24) is 29.5 Å². The molecule has 0 spiro atoms. The zero-order valence-electron chi connectivity index (χ0n) is 25.4. The van der Waals surface area contributed by atoms with Gasteiger partial charge in [0.1, 0.15) is 11.4 Å². The number of ether oxygens (including phenoxy) is 2. The number of anilines is 1. The zero-order chi connectivity index (χ0) is 31.5. The Morgan fingerprint density at radius 3 is 1.64 bits per heavy atom. The lowest BCUT2D eigenvalue weighted by atomic mass is 10.1. The number of hydrogen-bond donors (Lipinski definition) is 1. The van der Waals surface area contributed by atoms with E-state index in [2.05, 4.69) is 20.2 Å². The van der Waals surface area contributed by atoms with Crippen LogP contribution in [0.2, 0.25) is 0 Å². The van der Waals surface area contributed by atoms with Gasteiger partial charge in [-0.3, -0.25) is 19.5 Å². The van der Waals surface area contributed by atoms with Crippen LogP contribution < -0.4 is 15.2 Å². The molecule has 0 fully saturated rings. The highest BCUT2D eigenvalue weighted by Gasteiger charge is 2.16. The SMILES string of the molecule is CC(C)Oc1ccc(-c2nn(C)c3ccc(N)cc23)cn1.CC(C)Oc1ccc(-c2nn(C)c3ccc([N+](=O)[O-])cc23)cn1. The van der Waals surface area contributed by atoms with Crippen LogP contribution in [0, 0.1) is 10.1 Å². The summed E-state index contributed by atoms with van der Waals surface area (Å²) in [5, 5.41) is 21.8. The van der Waals surface area contributed by atoms with Crippen molar-refractivity contribution in [2.75, 3.05) is 5.73 Å². The molecule has 0 radical (unpaired) electrons. The van der Waals surface area contributed by atoms with Crippen molar-refractivity contribution in [3.05, 3.63) is 83.2 Å². The first-order valence-corrected chi connectivity index (χ1v) is 14.1. The van der Waals surface area contributed by atoms with E-state index in [0.29, 0.717) is 17.5 Å². The number of nitro groups is 1. The maximum atomic E-state index is 11.0. The summed E-state index contributed by atoms with van der Waals surface area (Å²) in [5.41, 5.74) is 11.8. The van der Waals surface area contributed by atoms with E-state index in [1.165, 1.54) is 12.1 Å². The van der Waals surface area contributed by atoms with Crippen molar-refractivity contribution in [2.24, 2.45) is 14.1 Å². The molecule has 0 aliphatic rings. The van der Waals surface area contributed by atoms with E-state index in [1.807, 2.05) is 75.8 Å². The Labute approximate surface area is 254 Å². The number of non-ortho nitro benzene ring substituents is 1. The first kappa shape index (κ1) is 30.0. The van der Waals surface area contributed by atoms with Gasteiger partial charge in [0, 0.05) is 78.3 Å². The van der Waals surface area contributed by atoms with E-state index >= 15 is 0 Å². The molecule has 0 amide bonds. The molecular weight excluding hydrogens is 560 g/mol. The van der Waals surface area contributed by atoms with Gasteiger partial charge in [0.15, 0.2) is 0 Å². The zero-order valence-corrected chi connectivity index (χ0v) is 25.4. The predicted octanol–water partition coefficient (Wildman–Crippen LogP) is 6.34. The number of pyridine rings is 2. The molecule has 0 unspecified atom stereocenters. The summed E-state index contributed by atoms with van der Waals surface area (Å²) >= 11 is 0. The highest BCUT2D eigenvalue weighted by Crippen LogP contribution is 2.31. The number of nitrogens with zero attached hydrogens (tertiary/aromatic N) is 7. The molecule has 2 aromatic carbocycles. The van der Waals surface area contributed by atoms with Crippen molar-refractivity contribution in [3.8, 4) is 34.3 Å². The number of nitro benzene ring substituents is 1. The molecule has 12 heteroatoms. The van der Waals surface area contributed by atoms with Gasteiger partial charge in [0.05, 0.1) is 28.2 Å². The molecule has 12 nitrogen and oxygen atoms in total. The smallest absolute Gasteiger partial charge is 0.270 e. The topological polar surface area (TPSA) is 149 Å². The molecule has 0 atom stereocenters. The third kappa shape index (κ3) is 6.43. The van der Waals surface area contributed by atoms with Gasteiger partial charge in [-0.15, -0.1) is 0 Å². The van der Waals surface area contributed by atoms with E-state index in [0.717, 1.165) is 44.3 Å². The van der Waals surface area contributed by atoms with Gasteiger partial charge >= 0.3 is 0 Å². The number of rotatable bonds is 7. The fourth-order valence-corrected chi connectivity index (χ4v) is 4.74. The summed E-state index contributed by atoms with van der Waals surface area (Å²) in [4.78, 5) is 19.2. The lowest BCUT2D eigenvalue weighted by Crippen LogP contribution is -2.06. The van der Waals surface area contributed by atoms with Crippen LogP contribution in [0.15, 0.2) is 73.1 Å². The molecule has 0 saturated heterocycles. The summed E-state index contributed by atoms with van der Waals surface area (Å²) in [6, 6.07) is 18.0. The molecule has 2 N–H and O–H groups in total. The number of benzene rings is 2. The summed E-state index contributed by atoms with van der Waals surface area (Å²) in [7, 11) is 3.73. The van der Waals surface area contributed by atoms with Gasteiger partial charge in [0.2, 0.25) is 11.8 Å². The molecule has 6 rings (SSSR count). The third-order valence-electron chi connectivity index (χ3n) is 6.65. The number of nitrogen functional groups attached to an aromatic ring is 1. The average molecular weight is 595 g/mol. The van der Waals surface area contributed by atoms with Gasteiger partial charge in [-0.2, -0.15) is 10.2 Å². The molecule has 4 aromatic heterocycles. The Hall–Kier alpha value is -5.52. The van der Waals surface area contributed by atoms with E-state index in [4.69, 9.17) is 15.2 Å². The minimum absolute atomic E-state index is 0.0412. The fourth-order valence-electron chi connectivity index (χ4n) is 4.74. The quantitative estimate of drug-likeness (QED) is 0.127. The molecule has 0 bridgehead atoms. The average Bonchev–Trinajstić information content (AvgIpc) is 3.49. The normalized spacial score (nSPS) is 11.2. The van der Waals surface area contributed by atoms with Crippen LogP contribution >= 0.6 is 0 Å². The minimum atomic E-state index is -0.409. The number of aromatic nitrogens is 6. The summed E-state index contributed by atoms with van der Waals surface area (Å²) in [5.74, 6) is 1.16.